The first-order chi connectivity index (χ1) is 32.0. The zero-order valence-electron chi connectivity index (χ0n) is 36.5. The molecule has 0 saturated carbocycles. The third kappa shape index (κ3) is 6.57. The van der Waals surface area contributed by atoms with E-state index < -0.39 is 0 Å². The van der Waals surface area contributed by atoms with Gasteiger partial charge in [-0.25, -0.2) is 0 Å². The fourth-order valence-corrected chi connectivity index (χ4v) is 10.3. The Kier molecular flexibility index (Phi) is 9.21. The van der Waals surface area contributed by atoms with Gasteiger partial charge in [0.2, 0.25) is 0 Å². The number of fused-ring (bicyclic) bond motifs is 6. The smallest absolute Gasteiger partial charge is 0.0546 e. The summed E-state index contributed by atoms with van der Waals surface area (Å²) in [6.07, 6.45) is 0. The molecular formula is C63H46N2. The summed E-state index contributed by atoms with van der Waals surface area (Å²) in [5, 5.41) is 2.50. The van der Waals surface area contributed by atoms with Crippen LogP contribution in [0.5, 0.6) is 0 Å². The molecule has 0 N–H and O–H groups in total. The van der Waals surface area contributed by atoms with Gasteiger partial charge in [0.25, 0.3) is 0 Å². The summed E-state index contributed by atoms with van der Waals surface area (Å²) in [7, 11) is 0. The Morgan fingerprint density at radius 3 is 1.57 bits per heavy atom. The summed E-state index contributed by atoms with van der Waals surface area (Å²) >= 11 is 0. The van der Waals surface area contributed by atoms with Crippen molar-refractivity contribution in [2.24, 2.45) is 0 Å². The number of anilines is 3. The SMILES string of the molecule is CC1(C)c2ccccc2-c2ccc(N(c3ccc(-c4ccc5c(c4)c4ccccc4n5-c4ccccc4)cc3)c3cc(-c4ccccc4)ccc3-c3ccc(-c4ccccc4)cc3)cc21. The number of hydrogen-bond acceptors (Lipinski definition) is 1. The molecule has 1 aliphatic carbocycles. The lowest BCUT2D eigenvalue weighted by molar-refractivity contribution is 0.660. The molecule has 0 saturated heterocycles. The first-order valence-electron chi connectivity index (χ1n) is 22.6. The third-order valence-corrected chi connectivity index (χ3v) is 13.6. The zero-order valence-corrected chi connectivity index (χ0v) is 36.5. The first-order valence-corrected chi connectivity index (χ1v) is 22.6. The first kappa shape index (κ1) is 38.5. The van der Waals surface area contributed by atoms with Crippen molar-refractivity contribution in [1.82, 2.24) is 4.57 Å². The van der Waals surface area contributed by atoms with Crippen molar-refractivity contribution in [3.63, 3.8) is 0 Å². The van der Waals surface area contributed by atoms with Crippen molar-refractivity contribution in [3.8, 4) is 61.3 Å². The topological polar surface area (TPSA) is 8.17 Å². The highest BCUT2D eigenvalue weighted by atomic mass is 15.1. The van der Waals surface area contributed by atoms with E-state index >= 15 is 0 Å². The van der Waals surface area contributed by atoms with Gasteiger partial charge in [0.05, 0.1) is 16.7 Å². The van der Waals surface area contributed by atoms with E-state index in [-0.39, 0.29) is 5.41 Å². The summed E-state index contributed by atoms with van der Waals surface area (Å²) in [6, 6.07) is 88.9. The minimum absolute atomic E-state index is 0.151. The van der Waals surface area contributed by atoms with E-state index in [9.17, 15) is 0 Å². The highest BCUT2D eigenvalue weighted by Gasteiger charge is 2.36. The van der Waals surface area contributed by atoms with Crippen LogP contribution in [0.15, 0.2) is 243 Å². The summed E-state index contributed by atoms with van der Waals surface area (Å²) < 4.78 is 2.38. The van der Waals surface area contributed by atoms with E-state index in [0.717, 1.165) is 33.9 Å². The van der Waals surface area contributed by atoms with Crippen molar-refractivity contribution in [1.29, 1.82) is 0 Å². The van der Waals surface area contributed by atoms with Crippen LogP contribution in [0.1, 0.15) is 25.0 Å². The molecule has 1 aromatic heterocycles. The van der Waals surface area contributed by atoms with Gasteiger partial charge in [-0.3, -0.25) is 0 Å². The lowest BCUT2D eigenvalue weighted by Gasteiger charge is -2.30. The minimum atomic E-state index is -0.151. The monoisotopic (exact) mass is 830 g/mol. The maximum Gasteiger partial charge on any atom is 0.0546 e. The molecule has 0 radical (unpaired) electrons. The van der Waals surface area contributed by atoms with E-state index in [2.05, 4.69) is 266 Å². The molecular weight excluding hydrogens is 785 g/mol. The van der Waals surface area contributed by atoms with Crippen LogP contribution >= 0.6 is 0 Å². The summed E-state index contributed by atoms with van der Waals surface area (Å²) in [4.78, 5) is 2.48. The highest BCUT2D eigenvalue weighted by molar-refractivity contribution is 6.10. The van der Waals surface area contributed by atoms with Crippen molar-refractivity contribution in [2.75, 3.05) is 4.90 Å². The van der Waals surface area contributed by atoms with Crippen LogP contribution in [0.4, 0.5) is 17.1 Å². The molecule has 10 aromatic carbocycles. The van der Waals surface area contributed by atoms with Gasteiger partial charge in [0.1, 0.15) is 0 Å². The summed E-state index contributed by atoms with van der Waals surface area (Å²) in [5.74, 6) is 0. The molecule has 0 bridgehead atoms. The molecule has 0 atom stereocenters. The van der Waals surface area contributed by atoms with Crippen LogP contribution in [-0.2, 0) is 5.41 Å². The predicted molar refractivity (Wildman–Crippen MR) is 275 cm³/mol. The minimum Gasteiger partial charge on any atom is -0.310 e. The Balaban J connectivity index is 1.03. The number of aromatic nitrogens is 1. The lowest BCUT2D eigenvalue weighted by Crippen LogP contribution is -2.17. The molecule has 2 nitrogen and oxygen atoms in total. The van der Waals surface area contributed by atoms with E-state index in [1.807, 2.05) is 0 Å². The van der Waals surface area contributed by atoms with Gasteiger partial charge in [-0.05, 0) is 122 Å². The van der Waals surface area contributed by atoms with Gasteiger partial charge >= 0.3 is 0 Å². The Hall–Kier alpha value is -8.20. The van der Waals surface area contributed by atoms with Crippen LogP contribution in [0.2, 0.25) is 0 Å². The maximum atomic E-state index is 2.48. The van der Waals surface area contributed by atoms with Crippen LogP contribution in [0.25, 0.3) is 83.1 Å². The van der Waals surface area contributed by atoms with Gasteiger partial charge < -0.3 is 9.47 Å². The van der Waals surface area contributed by atoms with E-state index in [4.69, 9.17) is 0 Å². The predicted octanol–water partition coefficient (Wildman–Crippen LogP) is 17.2. The number of hydrogen-bond donors (Lipinski definition) is 0. The van der Waals surface area contributed by atoms with Crippen molar-refractivity contribution < 1.29 is 0 Å². The summed E-state index contributed by atoms with van der Waals surface area (Å²) in [6.45, 7) is 4.73. The molecule has 65 heavy (non-hydrogen) atoms. The van der Waals surface area contributed by atoms with Gasteiger partial charge in [0.15, 0.2) is 0 Å². The van der Waals surface area contributed by atoms with Crippen molar-refractivity contribution in [2.45, 2.75) is 19.3 Å². The Morgan fingerprint density at radius 1 is 0.323 bits per heavy atom. The fourth-order valence-electron chi connectivity index (χ4n) is 10.3. The second-order valence-corrected chi connectivity index (χ2v) is 17.7. The molecule has 0 aliphatic heterocycles. The van der Waals surface area contributed by atoms with E-state index in [1.165, 1.54) is 77.4 Å². The molecule has 0 fully saturated rings. The lowest BCUT2D eigenvalue weighted by atomic mass is 9.82. The molecule has 0 amide bonds. The Bertz CT molecular complexity index is 3530. The molecule has 1 heterocycles. The standard InChI is InChI=1S/C63H46N2/c1-63(2)58-24-14-12-22-54(58)55-38-36-52(42-59(55)63)64(62-41-49(44-18-8-4-9-19-44)32-37-53(62)47-28-26-45(27-29-47)43-16-6-3-7-17-43)51-34-30-46(31-35-51)48-33-39-61-57(40-48)56-23-13-15-25-60(56)65(61)50-20-10-5-11-21-50/h3-42H,1-2H3. The number of para-hydroxylation sites is 2. The molecule has 11 aromatic rings. The van der Waals surface area contributed by atoms with Crippen molar-refractivity contribution in [3.05, 3.63) is 254 Å². The Morgan fingerprint density at radius 2 is 0.815 bits per heavy atom. The van der Waals surface area contributed by atoms with Gasteiger partial charge in [-0.2, -0.15) is 0 Å². The zero-order chi connectivity index (χ0) is 43.5. The average Bonchev–Trinajstić information content (AvgIpc) is 3.82. The number of rotatable bonds is 8. The fraction of sp³-hybridized carbons (Fsp3) is 0.0476. The molecule has 0 unspecified atom stereocenters. The molecule has 0 spiro atoms. The largest absolute Gasteiger partial charge is 0.310 e. The number of nitrogens with zero attached hydrogens (tertiary/aromatic N) is 2. The van der Waals surface area contributed by atoms with E-state index in [0.29, 0.717) is 0 Å². The average molecular weight is 831 g/mol. The summed E-state index contributed by atoms with van der Waals surface area (Å²) in [5.41, 5.74) is 21.6. The van der Waals surface area contributed by atoms with Gasteiger partial charge in [-0.1, -0.05) is 196 Å². The van der Waals surface area contributed by atoms with E-state index in [1.54, 1.807) is 0 Å². The van der Waals surface area contributed by atoms with Gasteiger partial charge in [-0.15, -0.1) is 0 Å². The molecule has 1 aliphatic rings. The maximum absolute atomic E-state index is 2.48. The molecule has 12 rings (SSSR count). The van der Waals surface area contributed by atoms with Crippen molar-refractivity contribution >= 4 is 38.9 Å². The second kappa shape index (κ2) is 15.6. The van der Waals surface area contributed by atoms with Gasteiger partial charge in [0, 0.05) is 38.8 Å². The second-order valence-electron chi connectivity index (χ2n) is 17.7. The van der Waals surface area contributed by atoms with Crippen LogP contribution < -0.4 is 4.90 Å². The van der Waals surface area contributed by atoms with Crippen LogP contribution in [0.3, 0.4) is 0 Å². The molecule has 2 heteroatoms. The normalized spacial score (nSPS) is 12.6. The highest BCUT2D eigenvalue weighted by Crippen LogP contribution is 2.52. The molecule has 308 valence electrons. The Labute approximate surface area is 381 Å². The quantitative estimate of drug-likeness (QED) is 0.148. The number of benzene rings is 10. The third-order valence-electron chi connectivity index (χ3n) is 13.6. The van der Waals surface area contributed by atoms with Crippen LogP contribution in [-0.4, -0.2) is 4.57 Å². The van der Waals surface area contributed by atoms with Crippen LogP contribution in [0, 0.1) is 0 Å².